The molecule has 0 saturated carbocycles. The van der Waals surface area contributed by atoms with Crippen LogP contribution < -0.4 is 11.1 Å². The van der Waals surface area contributed by atoms with Crippen molar-refractivity contribution in [3.63, 3.8) is 0 Å². The van der Waals surface area contributed by atoms with E-state index in [0.29, 0.717) is 17.0 Å². The lowest BCUT2D eigenvalue weighted by atomic mass is 10.1. The molecule has 0 aliphatic carbocycles. The third kappa shape index (κ3) is 4.95. The van der Waals surface area contributed by atoms with Crippen LogP contribution in [0.5, 0.6) is 0 Å². The number of nitrogens with one attached hydrogen (secondary N) is 1. The fourth-order valence-corrected chi connectivity index (χ4v) is 1.60. The number of hydrogen-bond donors (Lipinski definition) is 2. The van der Waals surface area contributed by atoms with Crippen molar-refractivity contribution >= 4 is 23.1 Å². The molecule has 92 valence electrons. The van der Waals surface area contributed by atoms with Crippen molar-refractivity contribution < 1.29 is 4.79 Å². The molecule has 1 aromatic rings. The van der Waals surface area contributed by atoms with Gasteiger partial charge in [0.2, 0.25) is 0 Å². The van der Waals surface area contributed by atoms with Gasteiger partial charge < -0.3 is 11.1 Å². The topological polar surface area (TPSA) is 55.1 Å². The monoisotopic (exact) mass is 250 g/mol. The van der Waals surface area contributed by atoms with Crippen LogP contribution in [-0.4, -0.2) is 16.4 Å². The predicted octanol–water partition coefficient (Wildman–Crippen LogP) is 2.04. The SMILES string of the molecule is CC(C)(C)NC(=O)c1cccc(CC(N)=S)c1. The molecule has 0 aliphatic rings. The van der Waals surface area contributed by atoms with Gasteiger partial charge in [-0.2, -0.15) is 0 Å². The van der Waals surface area contributed by atoms with Crippen LogP contribution in [0.15, 0.2) is 24.3 Å². The Labute approximate surface area is 107 Å². The molecule has 1 rings (SSSR count). The van der Waals surface area contributed by atoms with E-state index in [4.69, 9.17) is 18.0 Å². The normalized spacial score (nSPS) is 11.0. The molecule has 0 spiro atoms. The summed E-state index contributed by atoms with van der Waals surface area (Å²) in [5, 5.41) is 2.91. The Morgan fingerprint density at radius 1 is 1.41 bits per heavy atom. The van der Waals surface area contributed by atoms with E-state index >= 15 is 0 Å². The molecule has 0 aromatic heterocycles. The molecule has 0 heterocycles. The fourth-order valence-electron chi connectivity index (χ4n) is 1.44. The number of nitrogens with two attached hydrogens (primary N) is 1. The highest BCUT2D eigenvalue weighted by Gasteiger charge is 2.15. The second-order valence-corrected chi connectivity index (χ2v) is 5.57. The largest absolute Gasteiger partial charge is 0.393 e. The minimum atomic E-state index is -0.240. The van der Waals surface area contributed by atoms with Crippen molar-refractivity contribution in [1.29, 1.82) is 0 Å². The molecular weight excluding hydrogens is 232 g/mol. The summed E-state index contributed by atoms with van der Waals surface area (Å²) in [5.74, 6) is -0.0812. The number of carbonyl (C=O) groups excluding carboxylic acids is 1. The molecule has 1 amide bonds. The molecule has 0 unspecified atom stereocenters. The quantitative estimate of drug-likeness (QED) is 0.807. The van der Waals surface area contributed by atoms with Gasteiger partial charge in [0.05, 0.1) is 4.99 Å². The summed E-state index contributed by atoms with van der Waals surface area (Å²) in [6, 6.07) is 7.35. The van der Waals surface area contributed by atoms with E-state index in [2.05, 4.69) is 5.32 Å². The Hall–Kier alpha value is -1.42. The standard InChI is InChI=1S/C13H18N2OS/c1-13(2,3)15-12(16)10-6-4-5-9(7-10)8-11(14)17/h4-7H,8H2,1-3H3,(H2,14,17)(H,15,16). The van der Waals surface area contributed by atoms with Gasteiger partial charge in [0.15, 0.2) is 0 Å². The van der Waals surface area contributed by atoms with E-state index in [1.54, 1.807) is 6.07 Å². The fraction of sp³-hybridized carbons (Fsp3) is 0.385. The third-order valence-corrected chi connectivity index (χ3v) is 2.20. The number of benzene rings is 1. The molecule has 0 fully saturated rings. The van der Waals surface area contributed by atoms with Gasteiger partial charge in [0, 0.05) is 17.5 Å². The van der Waals surface area contributed by atoms with E-state index in [1.807, 2.05) is 39.0 Å². The Bertz CT molecular complexity index is 435. The Morgan fingerprint density at radius 2 is 2.06 bits per heavy atom. The first kappa shape index (κ1) is 13.6. The van der Waals surface area contributed by atoms with Gasteiger partial charge in [-0.3, -0.25) is 4.79 Å². The maximum absolute atomic E-state index is 11.9. The molecule has 4 heteroatoms. The van der Waals surface area contributed by atoms with Crippen LogP contribution in [0, 0.1) is 0 Å². The number of rotatable bonds is 3. The van der Waals surface area contributed by atoms with Crippen LogP contribution in [0.1, 0.15) is 36.7 Å². The van der Waals surface area contributed by atoms with Gasteiger partial charge in [-0.15, -0.1) is 0 Å². The Balaban J connectivity index is 2.84. The van der Waals surface area contributed by atoms with Crippen LogP contribution in [0.2, 0.25) is 0 Å². The molecule has 17 heavy (non-hydrogen) atoms. The summed E-state index contributed by atoms with van der Waals surface area (Å²) < 4.78 is 0. The van der Waals surface area contributed by atoms with Crippen molar-refractivity contribution in [2.75, 3.05) is 0 Å². The van der Waals surface area contributed by atoms with Crippen molar-refractivity contribution in [2.24, 2.45) is 5.73 Å². The van der Waals surface area contributed by atoms with E-state index < -0.39 is 0 Å². The lowest BCUT2D eigenvalue weighted by Gasteiger charge is -2.20. The summed E-state index contributed by atoms with van der Waals surface area (Å²) in [7, 11) is 0. The predicted molar refractivity (Wildman–Crippen MR) is 74.2 cm³/mol. The first-order valence-corrected chi connectivity index (χ1v) is 5.88. The van der Waals surface area contributed by atoms with Crippen molar-refractivity contribution in [2.45, 2.75) is 32.7 Å². The van der Waals surface area contributed by atoms with Crippen LogP contribution in [0.25, 0.3) is 0 Å². The van der Waals surface area contributed by atoms with Gasteiger partial charge in [-0.05, 0) is 38.5 Å². The zero-order chi connectivity index (χ0) is 13.1. The number of thiocarbonyl (C=S) groups is 1. The summed E-state index contributed by atoms with van der Waals surface area (Å²) in [6.07, 6.45) is 0.520. The maximum Gasteiger partial charge on any atom is 0.251 e. The number of hydrogen-bond acceptors (Lipinski definition) is 2. The molecule has 0 saturated heterocycles. The summed E-state index contributed by atoms with van der Waals surface area (Å²) in [5.41, 5.74) is 6.83. The molecule has 1 aromatic carbocycles. The van der Waals surface area contributed by atoms with Gasteiger partial charge in [0.25, 0.3) is 5.91 Å². The molecule has 0 aliphatic heterocycles. The smallest absolute Gasteiger partial charge is 0.251 e. The third-order valence-electron chi connectivity index (χ3n) is 2.06. The Morgan fingerprint density at radius 3 is 2.59 bits per heavy atom. The molecule has 0 atom stereocenters. The number of amides is 1. The van der Waals surface area contributed by atoms with Gasteiger partial charge in [-0.1, -0.05) is 24.4 Å². The van der Waals surface area contributed by atoms with Crippen LogP contribution >= 0.6 is 12.2 Å². The lowest BCUT2D eigenvalue weighted by molar-refractivity contribution is 0.0919. The minimum Gasteiger partial charge on any atom is -0.393 e. The Kier molecular flexibility index (Phi) is 4.23. The molecule has 0 radical (unpaired) electrons. The second-order valence-electron chi connectivity index (χ2n) is 5.05. The van der Waals surface area contributed by atoms with E-state index in [0.717, 1.165) is 5.56 Å². The molecule has 3 N–H and O–H groups in total. The average Bonchev–Trinajstić information content (AvgIpc) is 2.14. The van der Waals surface area contributed by atoms with E-state index in [-0.39, 0.29) is 11.4 Å². The highest BCUT2D eigenvalue weighted by atomic mass is 32.1. The maximum atomic E-state index is 11.9. The van der Waals surface area contributed by atoms with E-state index in [1.165, 1.54) is 0 Å². The summed E-state index contributed by atoms with van der Waals surface area (Å²) in [6.45, 7) is 5.84. The van der Waals surface area contributed by atoms with Gasteiger partial charge in [-0.25, -0.2) is 0 Å². The number of carbonyl (C=O) groups is 1. The first-order valence-electron chi connectivity index (χ1n) is 5.48. The van der Waals surface area contributed by atoms with Crippen molar-refractivity contribution in [1.82, 2.24) is 5.32 Å². The zero-order valence-corrected chi connectivity index (χ0v) is 11.2. The zero-order valence-electron chi connectivity index (χ0n) is 10.4. The van der Waals surface area contributed by atoms with Gasteiger partial charge in [0.1, 0.15) is 0 Å². The average molecular weight is 250 g/mol. The van der Waals surface area contributed by atoms with Crippen LogP contribution in [0.3, 0.4) is 0 Å². The second kappa shape index (κ2) is 5.27. The molecule has 0 bridgehead atoms. The van der Waals surface area contributed by atoms with Crippen molar-refractivity contribution in [3.05, 3.63) is 35.4 Å². The van der Waals surface area contributed by atoms with E-state index in [9.17, 15) is 4.79 Å². The molecular formula is C13H18N2OS. The van der Waals surface area contributed by atoms with Crippen LogP contribution in [-0.2, 0) is 6.42 Å². The molecule has 3 nitrogen and oxygen atoms in total. The van der Waals surface area contributed by atoms with Crippen molar-refractivity contribution in [3.8, 4) is 0 Å². The minimum absolute atomic E-state index is 0.0812. The first-order chi connectivity index (χ1) is 7.78. The van der Waals surface area contributed by atoms with Crippen LogP contribution in [0.4, 0.5) is 0 Å². The highest BCUT2D eigenvalue weighted by Crippen LogP contribution is 2.08. The summed E-state index contributed by atoms with van der Waals surface area (Å²) in [4.78, 5) is 12.4. The highest BCUT2D eigenvalue weighted by molar-refractivity contribution is 7.80. The van der Waals surface area contributed by atoms with Gasteiger partial charge >= 0.3 is 0 Å². The summed E-state index contributed by atoms with van der Waals surface area (Å²) >= 11 is 4.85. The lowest BCUT2D eigenvalue weighted by Crippen LogP contribution is -2.40.